The molecule has 5 heteroatoms. The van der Waals surface area contributed by atoms with Crippen molar-refractivity contribution in [3.05, 3.63) is 29.3 Å². The van der Waals surface area contributed by atoms with E-state index >= 15 is 0 Å². The topological polar surface area (TPSA) is 44.3 Å². The largest absolute Gasteiger partial charge is 0.394 e. The number of benzene rings is 1. The van der Waals surface area contributed by atoms with Crippen LogP contribution in [0.4, 0.5) is 5.69 Å². The molecule has 16 heavy (non-hydrogen) atoms. The molecule has 0 aliphatic carbocycles. The third-order valence-corrected chi connectivity index (χ3v) is 2.62. The van der Waals surface area contributed by atoms with Crippen molar-refractivity contribution in [2.45, 2.75) is 19.4 Å². The fraction of sp³-hybridized carbons (Fsp3) is 0.364. The van der Waals surface area contributed by atoms with Crippen molar-refractivity contribution >= 4 is 34.6 Å². The fourth-order valence-electron chi connectivity index (χ4n) is 1.16. The second kappa shape index (κ2) is 6.68. The average Bonchev–Trinajstić information content (AvgIpc) is 2.29. The molecule has 3 nitrogen and oxygen atoms in total. The van der Waals surface area contributed by atoms with Crippen molar-refractivity contribution in [1.82, 2.24) is 5.32 Å². The van der Waals surface area contributed by atoms with Gasteiger partial charge in [-0.3, -0.25) is 0 Å². The minimum atomic E-state index is -0.00713. The van der Waals surface area contributed by atoms with Gasteiger partial charge < -0.3 is 15.7 Å². The van der Waals surface area contributed by atoms with E-state index in [0.29, 0.717) is 10.1 Å². The molecule has 0 spiro atoms. The number of nitrogens with one attached hydrogen (secondary N) is 2. The highest BCUT2D eigenvalue weighted by molar-refractivity contribution is 7.80. The van der Waals surface area contributed by atoms with Gasteiger partial charge >= 0.3 is 0 Å². The Labute approximate surface area is 106 Å². The molecule has 1 aromatic rings. The van der Waals surface area contributed by atoms with Gasteiger partial charge in [-0.15, -0.1) is 0 Å². The molecule has 0 aromatic heterocycles. The van der Waals surface area contributed by atoms with Gasteiger partial charge in [0, 0.05) is 10.7 Å². The lowest BCUT2D eigenvalue weighted by Gasteiger charge is -2.17. The van der Waals surface area contributed by atoms with Crippen LogP contribution in [0.2, 0.25) is 5.02 Å². The van der Waals surface area contributed by atoms with E-state index in [0.717, 1.165) is 12.1 Å². The van der Waals surface area contributed by atoms with Gasteiger partial charge in [-0.25, -0.2) is 0 Å². The first-order chi connectivity index (χ1) is 7.65. The second-order valence-electron chi connectivity index (χ2n) is 3.39. The number of hydrogen-bond donors (Lipinski definition) is 3. The maximum atomic E-state index is 9.01. The smallest absolute Gasteiger partial charge is 0.171 e. The number of halogens is 1. The van der Waals surface area contributed by atoms with Crippen molar-refractivity contribution in [2.24, 2.45) is 0 Å². The highest BCUT2D eigenvalue weighted by Gasteiger charge is 2.05. The van der Waals surface area contributed by atoms with Crippen LogP contribution in [-0.4, -0.2) is 22.9 Å². The summed E-state index contributed by atoms with van der Waals surface area (Å²) < 4.78 is 0. The number of aliphatic hydroxyl groups excluding tert-OH is 1. The molecule has 0 saturated carbocycles. The van der Waals surface area contributed by atoms with Crippen LogP contribution in [0.1, 0.15) is 13.3 Å². The number of hydrogen-bond acceptors (Lipinski definition) is 2. The summed E-state index contributed by atoms with van der Waals surface area (Å²) in [5.74, 6) is 0. The molecule has 1 rings (SSSR count). The van der Waals surface area contributed by atoms with Gasteiger partial charge in [-0.05, 0) is 42.9 Å². The van der Waals surface area contributed by atoms with Crippen LogP contribution in [0.25, 0.3) is 0 Å². The molecule has 0 radical (unpaired) electrons. The minimum absolute atomic E-state index is 0.00713. The molecular formula is C11H15ClN2OS. The van der Waals surface area contributed by atoms with E-state index < -0.39 is 0 Å². The first-order valence-corrected chi connectivity index (χ1v) is 5.88. The van der Waals surface area contributed by atoms with Crippen LogP contribution in [0.15, 0.2) is 24.3 Å². The third kappa shape index (κ3) is 4.35. The molecule has 3 N–H and O–H groups in total. The van der Waals surface area contributed by atoms with Crippen molar-refractivity contribution in [1.29, 1.82) is 0 Å². The molecule has 0 bridgehead atoms. The highest BCUT2D eigenvalue weighted by atomic mass is 35.5. The van der Waals surface area contributed by atoms with Crippen LogP contribution < -0.4 is 10.6 Å². The molecule has 88 valence electrons. The average molecular weight is 259 g/mol. The van der Waals surface area contributed by atoms with Crippen molar-refractivity contribution < 1.29 is 5.11 Å². The molecule has 1 aromatic carbocycles. The van der Waals surface area contributed by atoms with E-state index in [1.165, 1.54) is 0 Å². The van der Waals surface area contributed by atoms with E-state index in [1.807, 2.05) is 19.1 Å². The molecule has 0 saturated heterocycles. The van der Waals surface area contributed by atoms with E-state index in [9.17, 15) is 0 Å². The zero-order valence-corrected chi connectivity index (χ0v) is 10.6. The summed E-state index contributed by atoms with van der Waals surface area (Å²) in [6.07, 6.45) is 0.818. The predicted molar refractivity (Wildman–Crippen MR) is 72.0 cm³/mol. The molecule has 0 amide bonds. The zero-order valence-electron chi connectivity index (χ0n) is 9.03. The van der Waals surface area contributed by atoms with Crippen LogP contribution in [0, 0.1) is 0 Å². The Balaban J connectivity index is 2.48. The van der Waals surface area contributed by atoms with Gasteiger partial charge in [0.15, 0.2) is 5.11 Å². The van der Waals surface area contributed by atoms with E-state index in [-0.39, 0.29) is 12.6 Å². The molecule has 0 fully saturated rings. The zero-order chi connectivity index (χ0) is 12.0. The van der Waals surface area contributed by atoms with Gasteiger partial charge in [0.2, 0.25) is 0 Å². The predicted octanol–water partition coefficient (Wildman–Crippen LogP) is 2.40. The summed E-state index contributed by atoms with van der Waals surface area (Å²) in [5, 5.41) is 16.2. The first-order valence-electron chi connectivity index (χ1n) is 5.09. The quantitative estimate of drug-likeness (QED) is 0.726. The standard InChI is InChI=1S/C11H15ClN2OS/c1-2-9(7-15)13-11(16)14-10-5-3-8(12)4-6-10/h3-6,9,15H,2,7H2,1H3,(H2,13,14,16). The number of rotatable bonds is 4. The Morgan fingerprint density at radius 3 is 2.56 bits per heavy atom. The van der Waals surface area contributed by atoms with Crippen LogP contribution in [0.5, 0.6) is 0 Å². The van der Waals surface area contributed by atoms with E-state index in [2.05, 4.69) is 10.6 Å². The molecular weight excluding hydrogens is 244 g/mol. The summed E-state index contributed by atoms with van der Waals surface area (Å²) in [6, 6.07) is 7.25. The molecule has 1 unspecified atom stereocenters. The van der Waals surface area contributed by atoms with Crippen LogP contribution in [0.3, 0.4) is 0 Å². The van der Waals surface area contributed by atoms with Gasteiger partial charge in [0.1, 0.15) is 0 Å². The van der Waals surface area contributed by atoms with E-state index in [1.54, 1.807) is 12.1 Å². The lowest BCUT2D eigenvalue weighted by Crippen LogP contribution is -2.39. The monoisotopic (exact) mass is 258 g/mol. The molecule has 0 aliphatic rings. The first kappa shape index (κ1) is 13.2. The number of anilines is 1. The fourth-order valence-corrected chi connectivity index (χ4v) is 1.57. The lowest BCUT2D eigenvalue weighted by atomic mass is 10.2. The summed E-state index contributed by atoms with van der Waals surface area (Å²) in [5.41, 5.74) is 0.870. The Morgan fingerprint density at radius 2 is 2.06 bits per heavy atom. The SMILES string of the molecule is CCC(CO)NC(=S)Nc1ccc(Cl)cc1. The number of aliphatic hydroxyl groups is 1. The Kier molecular flexibility index (Phi) is 5.52. The maximum absolute atomic E-state index is 9.01. The van der Waals surface area contributed by atoms with E-state index in [4.69, 9.17) is 28.9 Å². The molecule has 0 heterocycles. The van der Waals surface area contributed by atoms with Crippen molar-refractivity contribution in [3.8, 4) is 0 Å². The minimum Gasteiger partial charge on any atom is -0.394 e. The van der Waals surface area contributed by atoms with Gasteiger partial charge in [0.25, 0.3) is 0 Å². The summed E-state index contributed by atoms with van der Waals surface area (Å²) in [7, 11) is 0. The summed E-state index contributed by atoms with van der Waals surface area (Å²) in [4.78, 5) is 0. The Morgan fingerprint density at radius 1 is 1.44 bits per heavy atom. The highest BCUT2D eigenvalue weighted by Crippen LogP contribution is 2.13. The van der Waals surface area contributed by atoms with Crippen LogP contribution in [-0.2, 0) is 0 Å². The Bertz CT molecular complexity index is 338. The van der Waals surface area contributed by atoms with Crippen molar-refractivity contribution in [2.75, 3.05) is 11.9 Å². The third-order valence-electron chi connectivity index (χ3n) is 2.15. The second-order valence-corrected chi connectivity index (χ2v) is 4.24. The normalized spacial score (nSPS) is 11.9. The Hall–Kier alpha value is -0.840. The maximum Gasteiger partial charge on any atom is 0.171 e. The number of thiocarbonyl (C=S) groups is 1. The summed E-state index contributed by atoms with van der Waals surface area (Å²) >= 11 is 10.9. The van der Waals surface area contributed by atoms with Gasteiger partial charge in [-0.1, -0.05) is 18.5 Å². The van der Waals surface area contributed by atoms with Crippen molar-refractivity contribution in [3.63, 3.8) is 0 Å². The molecule has 1 atom stereocenters. The lowest BCUT2D eigenvalue weighted by molar-refractivity contribution is 0.253. The van der Waals surface area contributed by atoms with Gasteiger partial charge in [0.05, 0.1) is 12.6 Å². The van der Waals surface area contributed by atoms with Crippen LogP contribution >= 0.6 is 23.8 Å². The summed E-state index contributed by atoms with van der Waals surface area (Å²) in [6.45, 7) is 2.05. The van der Waals surface area contributed by atoms with Gasteiger partial charge in [-0.2, -0.15) is 0 Å². The molecule has 0 aliphatic heterocycles.